The van der Waals surface area contributed by atoms with E-state index in [-0.39, 0.29) is 6.61 Å². The van der Waals surface area contributed by atoms with Crippen molar-refractivity contribution in [2.24, 2.45) is 0 Å². The lowest BCUT2D eigenvalue weighted by molar-refractivity contribution is 0.0703. The summed E-state index contributed by atoms with van der Waals surface area (Å²) in [6.07, 6.45) is 2.37. The van der Waals surface area contributed by atoms with Gasteiger partial charge in [-0.25, -0.2) is 0 Å². The van der Waals surface area contributed by atoms with E-state index in [0.29, 0.717) is 64.9 Å². The zero-order valence-electron chi connectivity index (χ0n) is 35.5. The fourth-order valence-corrected chi connectivity index (χ4v) is 36.6. The maximum absolute atomic E-state index is 9.23. The Bertz CT molecular complexity index is 868. The van der Waals surface area contributed by atoms with Gasteiger partial charge in [0.25, 0.3) is 0 Å². The number of rotatable bonds is 34. The molecule has 308 valence electrons. The predicted octanol–water partition coefficient (Wildman–Crippen LogP) is 8.21. The third kappa shape index (κ3) is 23.0. The molecule has 0 aliphatic rings. The maximum Gasteiger partial charge on any atom is 0.500 e. The maximum atomic E-state index is 9.23. The molecule has 0 aromatic carbocycles. The normalized spacial score (nSPS) is 16.9. The van der Waals surface area contributed by atoms with Gasteiger partial charge < -0.3 is 52.9 Å². The summed E-state index contributed by atoms with van der Waals surface area (Å²) in [4.78, 5) is 0. The summed E-state index contributed by atoms with van der Waals surface area (Å²) in [5, 5.41) is 9.23. The molecule has 0 saturated heterocycles. The van der Waals surface area contributed by atoms with Crippen molar-refractivity contribution in [2.75, 3.05) is 59.5 Å². The minimum Gasteiger partial charge on any atom is -0.437 e. The lowest BCUT2D eigenvalue weighted by Crippen LogP contribution is -2.61. The molecule has 19 heteroatoms. The van der Waals surface area contributed by atoms with E-state index in [1.54, 1.807) is 0 Å². The first-order valence-electron chi connectivity index (χ1n) is 19.5. The van der Waals surface area contributed by atoms with Gasteiger partial charge in [0.05, 0.1) is 13.2 Å². The van der Waals surface area contributed by atoms with E-state index in [4.69, 9.17) is 47.8 Å². The van der Waals surface area contributed by atoms with E-state index >= 15 is 0 Å². The summed E-state index contributed by atoms with van der Waals surface area (Å²) in [5.74, 6) is 0. The Balaban J connectivity index is 6.79. The zero-order chi connectivity index (χ0) is 39.3. The molecule has 0 aliphatic heterocycles. The van der Waals surface area contributed by atoms with Gasteiger partial charge in [-0.2, -0.15) is 0 Å². The molecule has 51 heavy (non-hydrogen) atoms. The lowest BCUT2D eigenvalue weighted by atomic mass is 10.5. The van der Waals surface area contributed by atoms with E-state index in [1.807, 2.05) is 41.5 Å². The monoisotopic (exact) mass is 852 g/mol. The van der Waals surface area contributed by atoms with Crippen LogP contribution in [-0.4, -0.2) is 124 Å². The van der Waals surface area contributed by atoms with Crippen molar-refractivity contribution in [2.45, 2.75) is 150 Å². The second-order valence-electron chi connectivity index (χ2n) is 15.1. The van der Waals surface area contributed by atoms with Crippen LogP contribution in [0.25, 0.3) is 0 Å². The molecule has 0 radical (unpaired) electrons. The van der Waals surface area contributed by atoms with E-state index in [0.717, 1.165) is 37.4 Å². The van der Waals surface area contributed by atoms with Gasteiger partial charge in [-0.1, -0.05) is 0 Å². The minimum atomic E-state index is -3.00. The number of aliphatic hydroxyl groups is 1. The van der Waals surface area contributed by atoms with Crippen molar-refractivity contribution in [3.8, 4) is 0 Å². The molecule has 0 amide bonds. The summed E-state index contributed by atoms with van der Waals surface area (Å²) in [6, 6.07) is 3.64. The molecule has 0 heterocycles. The molecule has 0 saturated carbocycles. The Labute approximate surface area is 320 Å². The van der Waals surface area contributed by atoms with Crippen molar-refractivity contribution in [3.63, 3.8) is 0 Å². The van der Waals surface area contributed by atoms with Crippen LogP contribution in [0.1, 0.15) is 60.8 Å². The second-order valence-corrected chi connectivity index (χ2v) is 40.6. The first-order chi connectivity index (χ1) is 23.7. The van der Waals surface area contributed by atoms with Gasteiger partial charge in [0.2, 0.25) is 0 Å². The van der Waals surface area contributed by atoms with Crippen LogP contribution >= 0.6 is 0 Å². The molecule has 0 bridgehead atoms. The molecule has 1 N–H and O–H groups in total. The molecular formula is C32H80O12Si7. The number of aliphatic hydroxyl groups excluding tert-OH is 1. The topological polar surface area (TPSA) is 122 Å². The minimum absolute atomic E-state index is 0.00901. The van der Waals surface area contributed by atoms with Gasteiger partial charge >= 0.3 is 43.3 Å². The third-order valence-electron chi connectivity index (χ3n) is 7.48. The van der Waals surface area contributed by atoms with Crippen molar-refractivity contribution in [1.29, 1.82) is 0 Å². The van der Waals surface area contributed by atoms with E-state index in [9.17, 15) is 5.11 Å². The Hall–Kier alpha value is 1.04. The summed E-state index contributed by atoms with van der Waals surface area (Å²) in [5.41, 5.74) is 0. The average molecular weight is 854 g/mol. The van der Waals surface area contributed by atoms with Crippen LogP contribution < -0.4 is 0 Å². The van der Waals surface area contributed by atoms with Gasteiger partial charge in [0.15, 0.2) is 16.6 Å². The Morgan fingerprint density at radius 3 is 0.941 bits per heavy atom. The van der Waals surface area contributed by atoms with Gasteiger partial charge in [-0.05, 0) is 138 Å². The van der Waals surface area contributed by atoms with Crippen LogP contribution in [0.4, 0.5) is 0 Å². The van der Waals surface area contributed by atoms with Crippen LogP contribution in [0, 0.1) is 0 Å². The molecule has 12 nitrogen and oxygen atoms in total. The lowest BCUT2D eigenvalue weighted by Gasteiger charge is -2.45. The Morgan fingerprint density at radius 1 is 0.373 bits per heavy atom. The Kier molecular flexibility index (Phi) is 25.8. The van der Waals surface area contributed by atoms with E-state index in [1.165, 1.54) is 0 Å². The number of hydrogen-bond acceptors (Lipinski definition) is 12. The highest BCUT2D eigenvalue weighted by Gasteiger charge is 2.51. The van der Waals surface area contributed by atoms with Gasteiger partial charge in [-0.15, -0.1) is 0 Å². The molecule has 0 aromatic rings. The van der Waals surface area contributed by atoms with Crippen LogP contribution in [0.5, 0.6) is 0 Å². The molecule has 0 aliphatic carbocycles. The number of hydrogen-bond donors (Lipinski definition) is 1. The fourth-order valence-electron chi connectivity index (χ4n) is 6.49. The van der Waals surface area contributed by atoms with Gasteiger partial charge in [0, 0.05) is 58.3 Å². The largest absolute Gasteiger partial charge is 0.500 e. The number of ether oxygens (including phenoxy) is 1. The highest BCUT2D eigenvalue weighted by atomic mass is 28.5. The molecule has 3 unspecified atom stereocenters. The Morgan fingerprint density at radius 2 is 0.667 bits per heavy atom. The molecule has 3 atom stereocenters. The van der Waals surface area contributed by atoms with Crippen LogP contribution in [0.15, 0.2) is 0 Å². The van der Waals surface area contributed by atoms with Crippen LogP contribution in [0.3, 0.4) is 0 Å². The highest BCUT2D eigenvalue weighted by molar-refractivity contribution is 6.91. The van der Waals surface area contributed by atoms with Crippen molar-refractivity contribution >= 4 is 59.9 Å². The first kappa shape index (κ1) is 52.0. The summed E-state index contributed by atoms with van der Waals surface area (Å²) < 4.78 is 72.0. The zero-order valence-corrected chi connectivity index (χ0v) is 42.5. The summed E-state index contributed by atoms with van der Waals surface area (Å²) >= 11 is 0. The van der Waals surface area contributed by atoms with E-state index in [2.05, 4.69) is 58.9 Å². The van der Waals surface area contributed by atoms with Crippen molar-refractivity contribution < 1.29 is 52.9 Å². The summed E-state index contributed by atoms with van der Waals surface area (Å²) in [6.45, 7) is 36.0. The molecule has 0 rings (SSSR count). The average Bonchev–Trinajstić information content (AvgIpc) is 2.95. The molecule has 0 aromatic heterocycles. The van der Waals surface area contributed by atoms with Crippen LogP contribution in [0.2, 0.25) is 89.1 Å². The standard InChI is InChI=1S/C32H80O12Si7/c1-16-35-50(36-17-2,37-18-3)31-23-29-48(14,42-46(10,11)12)44-49(15,30-24-32-51(38-19-4,39-20-5)40-21-6)43-47(13,41-45(7,8)9)28-22-26-34-27-25-33/h33H,16-32H2,1-15H3. The quantitative estimate of drug-likeness (QED) is 0.0496. The van der Waals surface area contributed by atoms with Crippen molar-refractivity contribution in [3.05, 3.63) is 0 Å². The first-order valence-corrected chi connectivity index (χ1v) is 37.7. The molecule has 0 spiro atoms. The van der Waals surface area contributed by atoms with Gasteiger partial charge in [0.1, 0.15) is 0 Å². The smallest absolute Gasteiger partial charge is 0.437 e. The summed E-state index contributed by atoms with van der Waals surface area (Å²) in [7, 11) is -18.4. The highest BCUT2D eigenvalue weighted by Crippen LogP contribution is 2.36. The van der Waals surface area contributed by atoms with Crippen molar-refractivity contribution in [1.82, 2.24) is 0 Å². The van der Waals surface area contributed by atoms with Crippen LogP contribution in [-0.2, 0) is 47.8 Å². The third-order valence-corrected chi connectivity index (χ3v) is 32.8. The predicted molar refractivity (Wildman–Crippen MR) is 223 cm³/mol. The SMILES string of the molecule is CCO[Si](CCC[Si](C)(O[Si](C)(C)C)O[Si](C)(CCC[Si](OCC)(OCC)OCC)O[Si](C)(CCCOCCO)O[Si](C)(C)C)(OCC)OCC. The van der Waals surface area contributed by atoms with Gasteiger partial charge in [-0.3, -0.25) is 0 Å². The molecule has 0 fully saturated rings. The second kappa shape index (κ2) is 25.3. The van der Waals surface area contributed by atoms with E-state index < -0.39 is 59.9 Å². The fraction of sp³-hybridized carbons (Fsp3) is 1.00. The molecular weight excluding hydrogens is 773 g/mol.